The maximum atomic E-state index is 12.3. The molecule has 2 heterocycles. The third-order valence-electron chi connectivity index (χ3n) is 3.42. The van der Waals surface area contributed by atoms with Gasteiger partial charge in [-0.15, -0.1) is 0 Å². The number of benzene rings is 1. The van der Waals surface area contributed by atoms with E-state index in [1.807, 2.05) is 37.3 Å². The van der Waals surface area contributed by atoms with Crippen LogP contribution >= 0.6 is 0 Å². The van der Waals surface area contributed by atoms with Gasteiger partial charge in [0.05, 0.1) is 18.3 Å². The Bertz CT molecular complexity index is 787. The number of hydrogen-bond donors (Lipinski definition) is 1. The number of anilines is 1. The molecule has 5 nitrogen and oxygen atoms in total. The summed E-state index contributed by atoms with van der Waals surface area (Å²) in [6.07, 6.45) is 1.67. The molecule has 1 aromatic carbocycles. The van der Waals surface area contributed by atoms with E-state index in [1.54, 1.807) is 29.9 Å². The molecule has 0 bridgehead atoms. The summed E-state index contributed by atoms with van der Waals surface area (Å²) in [4.78, 5) is 12.3. The van der Waals surface area contributed by atoms with Crippen molar-refractivity contribution in [1.82, 2.24) is 9.78 Å². The fourth-order valence-electron chi connectivity index (χ4n) is 2.36. The average molecular weight is 295 g/mol. The number of nitrogens with zero attached hydrogens (tertiary/aromatic N) is 2. The molecule has 0 aliphatic heterocycles. The lowest BCUT2D eigenvalue weighted by Gasteiger charge is -2.08. The van der Waals surface area contributed by atoms with E-state index in [1.165, 1.54) is 0 Å². The first-order valence-corrected chi connectivity index (χ1v) is 7.07. The van der Waals surface area contributed by atoms with E-state index < -0.39 is 0 Å². The minimum Gasteiger partial charge on any atom is -0.466 e. The van der Waals surface area contributed by atoms with Gasteiger partial charge in [0.25, 0.3) is 5.91 Å². The number of carbonyl (C=O) groups is 1. The van der Waals surface area contributed by atoms with Crippen molar-refractivity contribution in [1.29, 1.82) is 0 Å². The summed E-state index contributed by atoms with van der Waals surface area (Å²) in [5.74, 6) is 1.81. The van der Waals surface area contributed by atoms with Crippen LogP contribution in [0.15, 0.2) is 53.1 Å². The summed E-state index contributed by atoms with van der Waals surface area (Å²) in [5.41, 5.74) is 1.67. The molecular formula is C17H17N3O2. The summed E-state index contributed by atoms with van der Waals surface area (Å²) >= 11 is 0. The molecular weight excluding hydrogens is 278 g/mol. The predicted molar refractivity (Wildman–Crippen MR) is 83.9 cm³/mol. The second kappa shape index (κ2) is 5.89. The van der Waals surface area contributed by atoms with E-state index in [0.29, 0.717) is 23.7 Å². The monoisotopic (exact) mass is 295 g/mol. The lowest BCUT2D eigenvalue weighted by molar-refractivity contribution is 0.102. The lowest BCUT2D eigenvalue weighted by Crippen LogP contribution is -2.16. The first-order valence-electron chi connectivity index (χ1n) is 7.07. The predicted octanol–water partition coefficient (Wildman–Crippen LogP) is 3.39. The van der Waals surface area contributed by atoms with Crippen LogP contribution in [0.25, 0.3) is 0 Å². The molecule has 3 aromatic rings. The number of rotatable bonds is 4. The van der Waals surface area contributed by atoms with Crippen molar-refractivity contribution in [2.24, 2.45) is 0 Å². The number of nitrogens with one attached hydrogen (secondary N) is 1. The molecule has 0 atom stereocenters. The highest BCUT2D eigenvalue weighted by Crippen LogP contribution is 2.17. The molecule has 0 fully saturated rings. The fourth-order valence-corrected chi connectivity index (χ4v) is 2.36. The van der Waals surface area contributed by atoms with Gasteiger partial charge in [0, 0.05) is 6.07 Å². The van der Waals surface area contributed by atoms with Crippen molar-refractivity contribution < 1.29 is 9.21 Å². The van der Waals surface area contributed by atoms with Crippen molar-refractivity contribution in [3.63, 3.8) is 0 Å². The fraction of sp³-hybridized carbons (Fsp3) is 0.176. The molecule has 5 heteroatoms. The zero-order valence-electron chi connectivity index (χ0n) is 12.5. The van der Waals surface area contributed by atoms with Crippen LogP contribution in [-0.4, -0.2) is 15.7 Å². The van der Waals surface area contributed by atoms with Crippen LogP contribution in [0.2, 0.25) is 0 Å². The Labute approximate surface area is 128 Å². The van der Waals surface area contributed by atoms with Gasteiger partial charge in [-0.1, -0.05) is 30.3 Å². The highest BCUT2D eigenvalue weighted by atomic mass is 16.3. The standard InChI is InChI=1S/C17H17N3O2/c1-12-10-15(13(2)22-12)17(21)19-16-8-9-18-20(16)11-14-6-4-3-5-7-14/h3-10H,11H2,1-2H3,(H,19,21). The Kier molecular flexibility index (Phi) is 3.78. The van der Waals surface area contributed by atoms with E-state index in [4.69, 9.17) is 4.42 Å². The molecule has 112 valence electrons. The van der Waals surface area contributed by atoms with Crippen LogP contribution in [0, 0.1) is 13.8 Å². The molecule has 0 aliphatic carbocycles. The molecule has 0 saturated carbocycles. The van der Waals surface area contributed by atoms with Gasteiger partial charge < -0.3 is 9.73 Å². The Morgan fingerprint density at radius 1 is 1.23 bits per heavy atom. The van der Waals surface area contributed by atoms with Gasteiger partial charge in [-0.25, -0.2) is 4.68 Å². The molecule has 0 saturated heterocycles. The highest BCUT2D eigenvalue weighted by molar-refractivity contribution is 6.04. The molecule has 0 spiro atoms. The second-order valence-corrected chi connectivity index (χ2v) is 5.14. The quantitative estimate of drug-likeness (QED) is 0.802. The van der Waals surface area contributed by atoms with Gasteiger partial charge in [-0.05, 0) is 25.5 Å². The van der Waals surface area contributed by atoms with Crippen LogP contribution in [0.4, 0.5) is 5.82 Å². The van der Waals surface area contributed by atoms with Crippen molar-refractivity contribution in [2.45, 2.75) is 20.4 Å². The van der Waals surface area contributed by atoms with E-state index in [9.17, 15) is 4.79 Å². The lowest BCUT2D eigenvalue weighted by atomic mass is 10.2. The van der Waals surface area contributed by atoms with Crippen molar-refractivity contribution in [3.8, 4) is 0 Å². The molecule has 0 unspecified atom stereocenters. The molecule has 3 rings (SSSR count). The summed E-state index contributed by atoms with van der Waals surface area (Å²) in [6.45, 7) is 4.21. The van der Waals surface area contributed by atoms with E-state index in [0.717, 1.165) is 11.3 Å². The first-order chi connectivity index (χ1) is 10.6. The van der Waals surface area contributed by atoms with Crippen LogP contribution in [0.5, 0.6) is 0 Å². The number of aromatic nitrogens is 2. The van der Waals surface area contributed by atoms with Gasteiger partial charge in [0.15, 0.2) is 0 Å². The normalized spacial score (nSPS) is 10.6. The zero-order chi connectivity index (χ0) is 15.5. The summed E-state index contributed by atoms with van der Waals surface area (Å²) in [5, 5.41) is 7.15. The molecule has 22 heavy (non-hydrogen) atoms. The average Bonchev–Trinajstić information content (AvgIpc) is 3.06. The molecule has 1 amide bonds. The van der Waals surface area contributed by atoms with Crippen LogP contribution < -0.4 is 5.32 Å². The number of hydrogen-bond acceptors (Lipinski definition) is 3. The van der Waals surface area contributed by atoms with Crippen LogP contribution in [0.3, 0.4) is 0 Å². The Balaban J connectivity index is 1.78. The van der Waals surface area contributed by atoms with E-state index in [2.05, 4.69) is 10.4 Å². The van der Waals surface area contributed by atoms with Crippen LogP contribution in [0.1, 0.15) is 27.4 Å². The number of furan rings is 1. The van der Waals surface area contributed by atoms with Crippen molar-refractivity contribution in [2.75, 3.05) is 5.32 Å². The van der Waals surface area contributed by atoms with Gasteiger partial charge in [0.2, 0.25) is 0 Å². The summed E-state index contributed by atoms with van der Waals surface area (Å²) < 4.78 is 7.16. The number of carbonyl (C=O) groups excluding carboxylic acids is 1. The zero-order valence-corrected chi connectivity index (χ0v) is 12.5. The minimum absolute atomic E-state index is 0.191. The smallest absolute Gasteiger partial charge is 0.260 e. The summed E-state index contributed by atoms with van der Waals surface area (Å²) in [7, 11) is 0. The van der Waals surface area contributed by atoms with Gasteiger partial charge in [-0.3, -0.25) is 4.79 Å². The van der Waals surface area contributed by atoms with Crippen LogP contribution in [-0.2, 0) is 6.54 Å². The maximum absolute atomic E-state index is 12.3. The second-order valence-electron chi connectivity index (χ2n) is 5.14. The Morgan fingerprint density at radius 2 is 2.00 bits per heavy atom. The third kappa shape index (κ3) is 2.93. The molecule has 0 radical (unpaired) electrons. The van der Waals surface area contributed by atoms with E-state index in [-0.39, 0.29) is 5.91 Å². The third-order valence-corrected chi connectivity index (χ3v) is 3.42. The van der Waals surface area contributed by atoms with Crippen molar-refractivity contribution in [3.05, 3.63) is 71.3 Å². The Morgan fingerprint density at radius 3 is 2.68 bits per heavy atom. The van der Waals surface area contributed by atoms with E-state index >= 15 is 0 Å². The molecule has 2 aromatic heterocycles. The van der Waals surface area contributed by atoms with Gasteiger partial charge >= 0.3 is 0 Å². The van der Waals surface area contributed by atoms with Gasteiger partial charge in [-0.2, -0.15) is 5.10 Å². The number of amides is 1. The maximum Gasteiger partial charge on any atom is 0.260 e. The minimum atomic E-state index is -0.191. The highest BCUT2D eigenvalue weighted by Gasteiger charge is 2.15. The SMILES string of the molecule is Cc1cc(C(=O)Nc2ccnn2Cc2ccccc2)c(C)o1. The molecule has 0 aliphatic rings. The topological polar surface area (TPSA) is 60.1 Å². The Hall–Kier alpha value is -2.82. The van der Waals surface area contributed by atoms with Crippen molar-refractivity contribution >= 4 is 11.7 Å². The molecule has 1 N–H and O–H groups in total. The number of aryl methyl sites for hydroxylation is 2. The first kappa shape index (κ1) is 14.1. The largest absolute Gasteiger partial charge is 0.466 e. The van der Waals surface area contributed by atoms with Gasteiger partial charge in [0.1, 0.15) is 17.3 Å². The summed E-state index contributed by atoms with van der Waals surface area (Å²) in [6, 6.07) is 13.5.